The molecule has 282 valence electrons. The minimum absolute atomic E-state index is 0.0191. The summed E-state index contributed by atoms with van der Waals surface area (Å²) in [6.07, 6.45) is 4.29. The molecule has 13 heteroatoms. The summed E-state index contributed by atoms with van der Waals surface area (Å²) in [6, 6.07) is 15.2. The first kappa shape index (κ1) is 38.1. The molecule has 8 rings (SSSR count). The smallest absolute Gasteiger partial charge is 0.416 e. The maximum atomic E-state index is 14.5. The maximum Gasteiger partial charge on any atom is 0.416 e. The molecule has 0 spiro atoms. The van der Waals surface area contributed by atoms with Crippen LogP contribution in [-0.4, -0.2) is 53.6 Å². The zero-order valence-electron chi connectivity index (χ0n) is 29.8. The summed E-state index contributed by atoms with van der Waals surface area (Å²) in [4.78, 5) is 23.2. The highest BCUT2D eigenvalue weighted by Crippen LogP contribution is 2.59. The number of halogens is 4. The van der Waals surface area contributed by atoms with Gasteiger partial charge >= 0.3 is 6.18 Å². The number of furan rings is 1. The van der Waals surface area contributed by atoms with E-state index in [0.717, 1.165) is 34.9 Å². The lowest BCUT2D eigenvalue weighted by molar-refractivity contribution is -0.137. The lowest BCUT2D eigenvalue weighted by Gasteiger charge is -2.44. The zero-order chi connectivity index (χ0) is 38.3. The highest BCUT2D eigenvalue weighted by atomic mass is 35.5. The van der Waals surface area contributed by atoms with Gasteiger partial charge < -0.3 is 14.6 Å². The lowest BCUT2D eigenvalue weighted by atomic mass is 9.65. The van der Waals surface area contributed by atoms with Crippen LogP contribution in [-0.2, 0) is 12.6 Å². The van der Waals surface area contributed by atoms with Crippen LogP contribution in [0.5, 0.6) is 0 Å². The number of hydrogen-bond acceptors (Lipinski definition) is 8. The minimum atomic E-state index is -4.59. The molecule has 8 nitrogen and oxygen atoms in total. The Kier molecular flexibility index (Phi) is 10.7. The molecular formula is C41H40ClF3N4O4S. The van der Waals surface area contributed by atoms with Gasteiger partial charge in [-0.1, -0.05) is 54.1 Å². The molecule has 1 fully saturated rings. The van der Waals surface area contributed by atoms with E-state index < -0.39 is 34.6 Å². The number of H-pyrrole nitrogens is 1. The van der Waals surface area contributed by atoms with Crippen LogP contribution in [0.3, 0.4) is 0 Å². The third kappa shape index (κ3) is 7.66. The van der Waals surface area contributed by atoms with Crippen molar-refractivity contribution in [2.24, 2.45) is 5.41 Å². The Morgan fingerprint density at radius 3 is 2.65 bits per heavy atom. The number of carbonyl (C=O) groups excluding carboxylic acids is 1. The van der Waals surface area contributed by atoms with E-state index in [2.05, 4.69) is 40.1 Å². The average Bonchev–Trinajstić information content (AvgIpc) is 3.89. The number of fused-ring (bicyclic) bond motifs is 8. The number of pyridine rings is 1. The normalized spacial score (nSPS) is 23.5. The number of hydrogen-bond donors (Lipinski definition) is 3. The molecule has 3 N–H and O–H groups in total. The van der Waals surface area contributed by atoms with E-state index in [1.807, 2.05) is 24.3 Å². The number of benzene rings is 2. The Morgan fingerprint density at radius 1 is 1.07 bits per heavy atom. The number of aliphatic hydroxyl groups excluding tert-OH is 1. The van der Waals surface area contributed by atoms with Crippen LogP contribution >= 0.6 is 23.4 Å². The molecule has 1 saturated carbocycles. The van der Waals surface area contributed by atoms with Gasteiger partial charge in [0.1, 0.15) is 5.76 Å². The van der Waals surface area contributed by atoms with E-state index in [4.69, 9.17) is 16.0 Å². The van der Waals surface area contributed by atoms with Crippen LogP contribution in [0.25, 0.3) is 22.7 Å². The van der Waals surface area contributed by atoms with E-state index in [1.165, 1.54) is 29.5 Å². The fourth-order valence-electron chi connectivity index (χ4n) is 7.94. The Balaban J connectivity index is 1.24. The van der Waals surface area contributed by atoms with Crippen molar-refractivity contribution >= 4 is 29.1 Å². The van der Waals surface area contributed by atoms with Crippen LogP contribution in [0.4, 0.5) is 13.2 Å². The van der Waals surface area contributed by atoms with Crippen molar-refractivity contribution in [3.8, 4) is 22.7 Å². The number of nitrogens with one attached hydrogen (secondary N) is 1. The molecule has 3 aliphatic rings. The molecule has 0 aliphatic heterocycles. The van der Waals surface area contributed by atoms with Gasteiger partial charge in [0, 0.05) is 40.3 Å². The molecular weight excluding hydrogens is 737 g/mol. The predicted molar refractivity (Wildman–Crippen MR) is 201 cm³/mol. The molecule has 0 amide bonds. The van der Waals surface area contributed by atoms with E-state index in [9.17, 15) is 28.2 Å². The molecule has 54 heavy (non-hydrogen) atoms. The van der Waals surface area contributed by atoms with Crippen molar-refractivity contribution in [3.63, 3.8) is 0 Å². The van der Waals surface area contributed by atoms with Crippen LogP contribution in [0.1, 0.15) is 91.1 Å². The van der Waals surface area contributed by atoms with Crippen molar-refractivity contribution < 1.29 is 32.6 Å². The Labute approximate surface area is 320 Å². The zero-order valence-corrected chi connectivity index (χ0v) is 31.4. The van der Waals surface area contributed by atoms with Crippen molar-refractivity contribution in [2.45, 2.75) is 87.7 Å². The van der Waals surface area contributed by atoms with Gasteiger partial charge in [-0.15, -0.1) is 5.10 Å². The average molecular weight is 777 g/mol. The second-order valence-corrected chi connectivity index (χ2v) is 16.0. The fourth-order valence-corrected chi connectivity index (χ4v) is 9.25. The highest BCUT2D eigenvalue weighted by molar-refractivity contribution is 7.99. The lowest BCUT2D eigenvalue weighted by Crippen LogP contribution is -2.46. The summed E-state index contributed by atoms with van der Waals surface area (Å²) in [6.45, 7) is 4.15. The summed E-state index contributed by atoms with van der Waals surface area (Å²) in [5, 5.41) is 31.5. The predicted octanol–water partition coefficient (Wildman–Crippen LogP) is 9.86. The first-order chi connectivity index (χ1) is 25.7. The summed E-state index contributed by atoms with van der Waals surface area (Å²) in [7, 11) is 0. The number of aromatic amines is 1. The van der Waals surface area contributed by atoms with Crippen molar-refractivity contribution in [1.82, 2.24) is 20.2 Å². The fraction of sp³-hybridized carbons (Fsp3) is 0.366. The van der Waals surface area contributed by atoms with E-state index in [-0.39, 0.29) is 28.0 Å². The first-order valence-corrected chi connectivity index (χ1v) is 19.3. The Bertz CT molecular complexity index is 2190. The van der Waals surface area contributed by atoms with Gasteiger partial charge in [-0.05, 0) is 117 Å². The Morgan fingerprint density at radius 2 is 1.87 bits per heavy atom. The molecule has 2 aromatic carbocycles. The quantitative estimate of drug-likeness (QED) is 0.0848. The SMILES string of the molecule is CC1=CCC[C@@]2(C)[C@@H](CC[C@@]2(O)CSc2n[nH]c(-c3ccncc3)n2)c2ccc(cc2C(=O)c2ccc(-c3cc(C(F)(F)F)ccc3Cl)o2)C[C@@H](O)CC1. The molecule has 3 aromatic heterocycles. The topological polar surface area (TPSA) is 125 Å². The van der Waals surface area contributed by atoms with Crippen LogP contribution in [0.15, 0.2) is 94.3 Å². The first-order valence-electron chi connectivity index (χ1n) is 17.9. The largest absolute Gasteiger partial charge is 0.453 e. The number of alkyl halides is 3. The van der Waals surface area contributed by atoms with Crippen LogP contribution in [0.2, 0.25) is 5.02 Å². The number of ketones is 1. The van der Waals surface area contributed by atoms with Crippen molar-refractivity contribution in [3.05, 3.63) is 118 Å². The molecule has 3 aliphatic carbocycles. The molecule has 4 atom stereocenters. The van der Waals surface area contributed by atoms with Gasteiger partial charge in [-0.3, -0.25) is 14.9 Å². The van der Waals surface area contributed by atoms with Gasteiger partial charge in [0.25, 0.3) is 0 Å². The summed E-state index contributed by atoms with van der Waals surface area (Å²) in [5.41, 5.74) is 1.17. The molecule has 3 heterocycles. The molecule has 0 radical (unpaired) electrons. The van der Waals surface area contributed by atoms with Gasteiger partial charge in [0.05, 0.1) is 22.3 Å². The number of aliphatic hydroxyl groups is 2. The highest BCUT2D eigenvalue weighted by Gasteiger charge is 2.57. The number of allylic oxidation sites excluding steroid dienone is 2. The van der Waals surface area contributed by atoms with Gasteiger partial charge in [-0.2, -0.15) is 13.2 Å². The second kappa shape index (κ2) is 15.1. The Hall–Kier alpha value is -4.23. The summed E-state index contributed by atoms with van der Waals surface area (Å²) < 4.78 is 46.6. The number of nitrogens with zero attached hydrogens (tertiary/aromatic N) is 3. The minimum Gasteiger partial charge on any atom is -0.453 e. The van der Waals surface area contributed by atoms with Gasteiger partial charge in [0.15, 0.2) is 11.6 Å². The summed E-state index contributed by atoms with van der Waals surface area (Å²) >= 11 is 7.69. The van der Waals surface area contributed by atoms with Gasteiger partial charge in [0.2, 0.25) is 10.9 Å². The van der Waals surface area contributed by atoms with Crippen LogP contribution < -0.4 is 0 Å². The van der Waals surface area contributed by atoms with Crippen molar-refractivity contribution in [1.29, 1.82) is 0 Å². The third-order valence-corrected chi connectivity index (χ3v) is 12.6. The standard InChI is InChI=1S/C41H40ClF3N4O4S/c1-24-4-3-16-39(2)32(13-17-40(39,52)23-54-38-47-37(48-49-38)26-14-18-46-19-15-26)29-9-6-25(20-28(50)8-5-24)21-30(29)36(51)35-12-11-34(53-35)31-22-27(41(43,44)45)7-10-33(31)42/h4,6-7,9-12,14-15,18-19,21-22,28,32,50,52H,3,5,8,13,16-17,20,23H2,1-2H3,(H,47,48,49)/t28-,32-,39-,40+/m0/s1. The van der Waals surface area contributed by atoms with E-state index in [0.29, 0.717) is 67.2 Å². The number of carbonyl (C=O) groups is 1. The number of aromatic nitrogens is 4. The van der Waals surface area contributed by atoms with E-state index in [1.54, 1.807) is 18.5 Å². The third-order valence-electron chi connectivity index (χ3n) is 11.2. The molecule has 0 saturated heterocycles. The van der Waals surface area contributed by atoms with Crippen LogP contribution in [0, 0.1) is 5.41 Å². The number of rotatable bonds is 7. The van der Waals surface area contributed by atoms with Gasteiger partial charge in [-0.25, -0.2) is 4.98 Å². The second-order valence-electron chi connectivity index (χ2n) is 14.6. The molecule has 2 bridgehead atoms. The monoisotopic (exact) mass is 776 g/mol. The van der Waals surface area contributed by atoms with Crippen molar-refractivity contribution in [2.75, 3.05) is 5.75 Å². The molecule has 5 aromatic rings. The molecule has 0 unspecified atom stereocenters. The number of thioether (sulfide) groups is 1. The maximum absolute atomic E-state index is 14.5. The summed E-state index contributed by atoms with van der Waals surface area (Å²) in [5.74, 6) is 0.203. The van der Waals surface area contributed by atoms with E-state index >= 15 is 0 Å².